The molecule has 0 saturated carbocycles. The summed E-state index contributed by atoms with van der Waals surface area (Å²) in [5.74, 6) is -0.200. The molecule has 5 heteroatoms. The zero-order chi connectivity index (χ0) is 13.1. The van der Waals surface area contributed by atoms with Crippen LogP contribution < -0.4 is 5.32 Å². The first-order chi connectivity index (χ1) is 9.33. The van der Waals surface area contributed by atoms with Gasteiger partial charge in [0.05, 0.1) is 0 Å². The first-order valence-electron chi connectivity index (χ1n) is 5.95. The SMILES string of the molecule is O=C(NCc1ccccc1)c1cc2ncccn2n1. The van der Waals surface area contributed by atoms with Gasteiger partial charge < -0.3 is 5.32 Å². The molecule has 0 aliphatic heterocycles. The van der Waals surface area contributed by atoms with Gasteiger partial charge in [0, 0.05) is 25.0 Å². The van der Waals surface area contributed by atoms with Gasteiger partial charge >= 0.3 is 0 Å². The van der Waals surface area contributed by atoms with Gasteiger partial charge in [-0.3, -0.25) is 4.79 Å². The van der Waals surface area contributed by atoms with E-state index in [-0.39, 0.29) is 5.91 Å². The van der Waals surface area contributed by atoms with Crippen molar-refractivity contribution in [2.45, 2.75) is 6.54 Å². The molecule has 2 heterocycles. The molecule has 0 aliphatic rings. The van der Waals surface area contributed by atoms with Crippen molar-refractivity contribution >= 4 is 11.6 Å². The highest BCUT2D eigenvalue weighted by atomic mass is 16.1. The number of carbonyl (C=O) groups excluding carboxylic acids is 1. The second-order valence-corrected chi connectivity index (χ2v) is 4.12. The maximum Gasteiger partial charge on any atom is 0.272 e. The Morgan fingerprint density at radius 2 is 2.05 bits per heavy atom. The summed E-state index contributed by atoms with van der Waals surface area (Å²) >= 11 is 0. The fraction of sp³-hybridized carbons (Fsp3) is 0.0714. The number of carbonyl (C=O) groups is 1. The smallest absolute Gasteiger partial charge is 0.272 e. The number of aromatic nitrogens is 3. The monoisotopic (exact) mass is 252 g/mol. The summed E-state index contributed by atoms with van der Waals surface area (Å²) in [5, 5.41) is 7.00. The van der Waals surface area contributed by atoms with Crippen LogP contribution >= 0.6 is 0 Å². The minimum atomic E-state index is -0.200. The van der Waals surface area contributed by atoms with Crippen LogP contribution in [0.4, 0.5) is 0 Å². The number of hydrogen-bond donors (Lipinski definition) is 1. The fourth-order valence-corrected chi connectivity index (χ4v) is 1.81. The normalized spacial score (nSPS) is 10.5. The van der Waals surface area contributed by atoms with Crippen molar-refractivity contribution in [3.63, 3.8) is 0 Å². The fourth-order valence-electron chi connectivity index (χ4n) is 1.81. The largest absolute Gasteiger partial charge is 0.347 e. The molecule has 0 atom stereocenters. The van der Waals surface area contributed by atoms with Gasteiger partial charge in [-0.2, -0.15) is 5.10 Å². The predicted octanol–water partition coefficient (Wildman–Crippen LogP) is 1.66. The molecule has 1 amide bonds. The summed E-state index contributed by atoms with van der Waals surface area (Å²) in [6, 6.07) is 13.2. The third-order valence-corrected chi connectivity index (χ3v) is 2.76. The van der Waals surface area contributed by atoms with E-state index in [1.165, 1.54) is 0 Å². The van der Waals surface area contributed by atoms with Crippen LogP contribution in [-0.2, 0) is 6.54 Å². The van der Waals surface area contributed by atoms with Crippen LogP contribution in [0.15, 0.2) is 54.9 Å². The van der Waals surface area contributed by atoms with Gasteiger partial charge in [0.25, 0.3) is 5.91 Å². The molecule has 0 spiro atoms. The van der Waals surface area contributed by atoms with Gasteiger partial charge in [-0.1, -0.05) is 30.3 Å². The van der Waals surface area contributed by atoms with Gasteiger partial charge in [0.1, 0.15) is 0 Å². The van der Waals surface area contributed by atoms with Crippen molar-refractivity contribution in [3.05, 3.63) is 66.1 Å². The van der Waals surface area contributed by atoms with Crippen LogP contribution in [0.2, 0.25) is 0 Å². The van der Waals surface area contributed by atoms with E-state index in [9.17, 15) is 4.79 Å². The van der Waals surface area contributed by atoms with Crippen LogP contribution in [0.25, 0.3) is 5.65 Å². The molecule has 1 aromatic carbocycles. The Kier molecular flexibility index (Phi) is 2.94. The molecule has 3 rings (SSSR count). The summed E-state index contributed by atoms with van der Waals surface area (Å²) in [5.41, 5.74) is 2.08. The summed E-state index contributed by atoms with van der Waals surface area (Å²) in [7, 11) is 0. The first-order valence-corrected chi connectivity index (χ1v) is 5.95. The zero-order valence-corrected chi connectivity index (χ0v) is 10.2. The Morgan fingerprint density at radius 3 is 2.84 bits per heavy atom. The lowest BCUT2D eigenvalue weighted by Gasteiger charge is -2.02. The van der Waals surface area contributed by atoms with E-state index in [0.29, 0.717) is 17.9 Å². The molecule has 0 fully saturated rings. The minimum absolute atomic E-state index is 0.200. The predicted molar refractivity (Wildman–Crippen MR) is 70.6 cm³/mol. The molecular weight excluding hydrogens is 240 g/mol. The van der Waals surface area contributed by atoms with E-state index in [1.807, 2.05) is 30.3 Å². The molecule has 0 unspecified atom stereocenters. The average Bonchev–Trinajstić information content (AvgIpc) is 2.90. The molecule has 2 aromatic heterocycles. The number of nitrogens with one attached hydrogen (secondary N) is 1. The highest BCUT2D eigenvalue weighted by molar-refractivity contribution is 5.93. The third kappa shape index (κ3) is 2.44. The topological polar surface area (TPSA) is 59.3 Å². The second kappa shape index (κ2) is 4.89. The quantitative estimate of drug-likeness (QED) is 0.771. The lowest BCUT2D eigenvalue weighted by Crippen LogP contribution is -2.23. The minimum Gasteiger partial charge on any atom is -0.347 e. The third-order valence-electron chi connectivity index (χ3n) is 2.76. The van der Waals surface area contributed by atoms with Gasteiger partial charge in [-0.15, -0.1) is 0 Å². The number of amides is 1. The highest BCUT2D eigenvalue weighted by Crippen LogP contribution is 2.03. The Bertz CT molecular complexity index is 673. The van der Waals surface area contributed by atoms with Gasteiger partial charge in [0.15, 0.2) is 11.3 Å². The van der Waals surface area contributed by atoms with Crippen LogP contribution in [0.5, 0.6) is 0 Å². The van der Waals surface area contributed by atoms with E-state index < -0.39 is 0 Å². The second-order valence-electron chi connectivity index (χ2n) is 4.12. The lowest BCUT2D eigenvalue weighted by atomic mass is 10.2. The number of hydrogen-bond acceptors (Lipinski definition) is 3. The lowest BCUT2D eigenvalue weighted by molar-refractivity contribution is 0.0945. The molecule has 0 radical (unpaired) electrons. The number of rotatable bonds is 3. The summed E-state index contributed by atoms with van der Waals surface area (Å²) in [6.07, 6.45) is 3.43. The van der Waals surface area contributed by atoms with Gasteiger partial charge in [0.2, 0.25) is 0 Å². The van der Waals surface area contributed by atoms with E-state index in [4.69, 9.17) is 0 Å². The van der Waals surface area contributed by atoms with Crippen molar-refractivity contribution in [1.82, 2.24) is 19.9 Å². The van der Waals surface area contributed by atoms with Crippen LogP contribution in [0.3, 0.4) is 0 Å². The van der Waals surface area contributed by atoms with Crippen molar-refractivity contribution in [1.29, 1.82) is 0 Å². The van der Waals surface area contributed by atoms with E-state index in [2.05, 4.69) is 15.4 Å². The van der Waals surface area contributed by atoms with E-state index in [0.717, 1.165) is 5.56 Å². The maximum absolute atomic E-state index is 12.0. The Morgan fingerprint density at radius 1 is 1.21 bits per heavy atom. The van der Waals surface area contributed by atoms with Crippen molar-refractivity contribution in [2.75, 3.05) is 0 Å². The van der Waals surface area contributed by atoms with Crippen LogP contribution in [0.1, 0.15) is 16.1 Å². The first kappa shape index (κ1) is 11.4. The highest BCUT2D eigenvalue weighted by Gasteiger charge is 2.10. The summed E-state index contributed by atoms with van der Waals surface area (Å²) in [4.78, 5) is 16.1. The van der Waals surface area contributed by atoms with Crippen molar-refractivity contribution < 1.29 is 4.79 Å². The van der Waals surface area contributed by atoms with Crippen molar-refractivity contribution in [3.8, 4) is 0 Å². The Labute approximate surface area is 109 Å². The Hall–Kier alpha value is -2.69. The molecule has 19 heavy (non-hydrogen) atoms. The number of fused-ring (bicyclic) bond motifs is 1. The Balaban J connectivity index is 1.73. The van der Waals surface area contributed by atoms with Gasteiger partial charge in [-0.05, 0) is 11.6 Å². The molecule has 3 aromatic rings. The number of benzene rings is 1. The van der Waals surface area contributed by atoms with Gasteiger partial charge in [-0.25, -0.2) is 9.50 Å². The van der Waals surface area contributed by atoms with E-state index in [1.54, 1.807) is 29.0 Å². The van der Waals surface area contributed by atoms with E-state index >= 15 is 0 Å². The van der Waals surface area contributed by atoms with Crippen LogP contribution in [0, 0.1) is 0 Å². The molecule has 0 bridgehead atoms. The molecule has 5 nitrogen and oxygen atoms in total. The maximum atomic E-state index is 12.0. The van der Waals surface area contributed by atoms with Crippen LogP contribution in [-0.4, -0.2) is 20.5 Å². The molecule has 0 aliphatic carbocycles. The molecule has 1 N–H and O–H groups in total. The molecular formula is C14H12N4O. The van der Waals surface area contributed by atoms with Crippen molar-refractivity contribution in [2.24, 2.45) is 0 Å². The summed E-state index contributed by atoms with van der Waals surface area (Å²) in [6.45, 7) is 0.487. The molecule has 0 saturated heterocycles. The average molecular weight is 252 g/mol. The summed E-state index contributed by atoms with van der Waals surface area (Å²) < 4.78 is 1.58. The number of nitrogens with zero attached hydrogens (tertiary/aromatic N) is 3. The molecule has 94 valence electrons. The zero-order valence-electron chi connectivity index (χ0n) is 10.2. The standard InChI is InChI=1S/C14H12N4O/c19-14(16-10-11-5-2-1-3-6-11)12-9-13-15-7-4-8-18(13)17-12/h1-9H,10H2,(H,16,19).